The van der Waals surface area contributed by atoms with Gasteiger partial charge in [0.05, 0.1) is 11.6 Å². The fourth-order valence-corrected chi connectivity index (χ4v) is 2.45. The average molecular weight is 264 g/mol. The van der Waals surface area contributed by atoms with Gasteiger partial charge >= 0.3 is 0 Å². The maximum absolute atomic E-state index is 8.91. The lowest BCUT2D eigenvalue weighted by atomic mass is 9.61. The van der Waals surface area contributed by atoms with Gasteiger partial charge in [0.1, 0.15) is 0 Å². The molecule has 0 atom stereocenters. The quantitative estimate of drug-likeness (QED) is 0.832. The molecule has 2 heteroatoms. The van der Waals surface area contributed by atoms with E-state index in [-0.39, 0.29) is 10.8 Å². The molecule has 1 aromatic carbocycles. The second kappa shape index (κ2) is 5.09. The predicted octanol–water partition coefficient (Wildman–Crippen LogP) is 4.21. The molecule has 0 N–H and O–H groups in total. The van der Waals surface area contributed by atoms with E-state index in [4.69, 9.17) is 5.26 Å². The Hall–Kier alpha value is -2.14. The van der Waals surface area contributed by atoms with Crippen LogP contribution in [0, 0.1) is 11.3 Å². The molecule has 1 aromatic heterocycles. The molecular formula is C18H20N2. The van der Waals surface area contributed by atoms with Gasteiger partial charge in [0.25, 0.3) is 0 Å². The molecule has 0 radical (unpaired) electrons. The zero-order valence-corrected chi connectivity index (χ0v) is 12.5. The highest BCUT2D eigenvalue weighted by molar-refractivity contribution is 5.39. The molecule has 102 valence electrons. The summed E-state index contributed by atoms with van der Waals surface area (Å²) in [6.07, 6.45) is 3.68. The van der Waals surface area contributed by atoms with Crippen LogP contribution < -0.4 is 0 Å². The van der Waals surface area contributed by atoms with Crippen LogP contribution in [0.2, 0.25) is 0 Å². The summed E-state index contributed by atoms with van der Waals surface area (Å²) in [7, 11) is 0. The molecule has 0 fully saturated rings. The maximum Gasteiger partial charge on any atom is 0.0991 e. The van der Waals surface area contributed by atoms with Gasteiger partial charge < -0.3 is 0 Å². The summed E-state index contributed by atoms with van der Waals surface area (Å²) in [4.78, 5) is 4.10. The summed E-state index contributed by atoms with van der Waals surface area (Å²) in [5.41, 5.74) is 3.11. The van der Waals surface area contributed by atoms with Crippen molar-refractivity contribution in [2.24, 2.45) is 0 Å². The van der Waals surface area contributed by atoms with Crippen molar-refractivity contribution in [2.75, 3.05) is 0 Å². The number of pyridine rings is 1. The van der Waals surface area contributed by atoms with Crippen LogP contribution in [0.3, 0.4) is 0 Å². The molecule has 2 rings (SSSR count). The SMILES string of the molecule is CC(C)(c1ccncc1)C(C)(C)c1ccc(C#N)cc1. The molecule has 0 unspecified atom stereocenters. The zero-order valence-electron chi connectivity index (χ0n) is 12.5. The van der Waals surface area contributed by atoms with Crippen molar-refractivity contribution in [3.05, 3.63) is 65.5 Å². The molecule has 0 aliphatic carbocycles. The zero-order chi connectivity index (χ0) is 14.8. The highest BCUT2D eigenvalue weighted by Crippen LogP contribution is 2.43. The standard InChI is InChI=1S/C18H20N2/c1-17(2,15-7-5-14(13-19)6-8-15)18(3,4)16-9-11-20-12-10-16/h5-12H,1-4H3. The normalized spacial score (nSPS) is 11.9. The van der Waals surface area contributed by atoms with Gasteiger partial charge in [-0.05, 0) is 46.2 Å². The van der Waals surface area contributed by atoms with E-state index in [1.807, 2.05) is 24.5 Å². The molecule has 2 aromatic rings. The van der Waals surface area contributed by atoms with Crippen molar-refractivity contribution < 1.29 is 0 Å². The highest BCUT2D eigenvalue weighted by atomic mass is 14.6. The summed E-state index contributed by atoms with van der Waals surface area (Å²) in [5.74, 6) is 0. The van der Waals surface area contributed by atoms with Crippen LogP contribution in [0.5, 0.6) is 0 Å². The van der Waals surface area contributed by atoms with Crippen LogP contribution in [0.25, 0.3) is 0 Å². The van der Waals surface area contributed by atoms with Crippen LogP contribution >= 0.6 is 0 Å². The van der Waals surface area contributed by atoms with Crippen LogP contribution in [-0.2, 0) is 10.8 Å². The van der Waals surface area contributed by atoms with Gasteiger partial charge in [0, 0.05) is 12.4 Å². The third-order valence-corrected chi connectivity index (χ3v) is 4.70. The minimum absolute atomic E-state index is 0.0376. The topological polar surface area (TPSA) is 36.7 Å². The smallest absolute Gasteiger partial charge is 0.0991 e. The van der Waals surface area contributed by atoms with Crippen molar-refractivity contribution in [2.45, 2.75) is 38.5 Å². The van der Waals surface area contributed by atoms with Crippen molar-refractivity contribution in [3.63, 3.8) is 0 Å². The van der Waals surface area contributed by atoms with Gasteiger partial charge in [-0.15, -0.1) is 0 Å². The number of hydrogen-bond donors (Lipinski definition) is 0. The number of aromatic nitrogens is 1. The first-order chi connectivity index (χ1) is 9.39. The molecule has 2 nitrogen and oxygen atoms in total. The second-order valence-electron chi connectivity index (χ2n) is 6.18. The first-order valence-corrected chi connectivity index (χ1v) is 6.81. The molecule has 0 saturated carbocycles. The molecule has 1 heterocycles. The van der Waals surface area contributed by atoms with Gasteiger partial charge in [-0.1, -0.05) is 39.8 Å². The second-order valence-corrected chi connectivity index (χ2v) is 6.18. The Morgan fingerprint density at radius 2 is 1.25 bits per heavy atom. The molecule has 0 saturated heterocycles. The van der Waals surface area contributed by atoms with Crippen LogP contribution in [0.1, 0.15) is 44.4 Å². The van der Waals surface area contributed by atoms with Crippen molar-refractivity contribution in [1.82, 2.24) is 4.98 Å². The number of hydrogen-bond acceptors (Lipinski definition) is 2. The highest BCUT2D eigenvalue weighted by Gasteiger charge is 2.39. The summed E-state index contributed by atoms with van der Waals surface area (Å²) in [5, 5.41) is 8.91. The Labute approximate surface area is 121 Å². The Morgan fingerprint density at radius 3 is 1.70 bits per heavy atom. The lowest BCUT2D eigenvalue weighted by molar-refractivity contribution is 0.302. The van der Waals surface area contributed by atoms with Gasteiger partial charge in [-0.2, -0.15) is 5.26 Å². The molecule has 0 spiro atoms. The van der Waals surface area contributed by atoms with E-state index < -0.39 is 0 Å². The van der Waals surface area contributed by atoms with Crippen LogP contribution in [0.15, 0.2) is 48.8 Å². The predicted molar refractivity (Wildman–Crippen MR) is 81.4 cm³/mol. The maximum atomic E-state index is 8.91. The third kappa shape index (κ3) is 2.32. The van der Waals surface area contributed by atoms with Gasteiger partial charge in [0.2, 0.25) is 0 Å². The Balaban J connectivity index is 2.45. The molecule has 0 amide bonds. The molecular weight excluding hydrogens is 244 g/mol. The Bertz CT molecular complexity index is 617. The average Bonchev–Trinajstić information content (AvgIpc) is 2.48. The first kappa shape index (κ1) is 14.3. The Kier molecular flexibility index (Phi) is 3.63. The van der Waals surface area contributed by atoms with Gasteiger partial charge in [-0.3, -0.25) is 4.98 Å². The van der Waals surface area contributed by atoms with E-state index in [9.17, 15) is 0 Å². The minimum Gasteiger partial charge on any atom is -0.265 e. The van der Waals surface area contributed by atoms with Gasteiger partial charge in [-0.25, -0.2) is 0 Å². The summed E-state index contributed by atoms with van der Waals surface area (Å²) < 4.78 is 0. The van der Waals surface area contributed by atoms with E-state index in [0.29, 0.717) is 5.56 Å². The molecule has 0 aliphatic rings. The number of benzene rings is 1. The van der Waals surface area contributed by atoms with E-state index in [1.165, 1.54) is 11.1 Å². The number of nitrogens with zero attached hydrogens (tertiary/aromatic N) is 2. The molecule has 0 bridgehead atoms. The third-order valence-electron chi connectivity index (χ3n) is 4.70. The molecule has 0 aliphatic heterocycles. The lowest BCUT2D eigenvalue weighted by Gasteiger charge is -2.42. The summed E-state index contributed by atoms with van der Waals surface area (Å²) in [6.45, 7) is 8.99. The van der Waals surface area contributed by atoms with Crippen LogP contribution in [0.4, 0.5) is 0 Å². The van der Waals surface area contributed by atoms with E-state index in [2.05, 4.69) is 63.0 Å². The minimum atomic E-state index is -0.0532. The van der Waals surface area contributed by atoms with Gasteiger partial charge in [0.15, 0.2) is 0 Å². The fourth-order valence-electron chi connectivity index (χ4n) is 2.45. The largest absolute Gasteiger partial charge is 0.265 e. The summed E-state index contributed by atoms with van der Waals surface area (Å²) in [6, 6.07) is 14.2. The van der Waals surface area contributed by atoms with Crippen molar-refractivity contribution in [1.29, 1.82) is 5.26 Å². The lowest BCUT2D eigenvalue weighted by Crippen LogP contribution is -2.40. The van der Waals surface area contributed by atoms with E-state index in [0.717, 1.165) is 0 Å². The van der Waals surface area contributed by atoms with E-state index in [1.54, 1.807) is 0 Å². The van der Waals surface area contributed by atoms with Crippen molar-refractivity contribution in [3.8, 4) is 6.07 Å². The number of rotatable bonds is 3. The fraction of sp³-hybridized carbons (Fsp3) is 0.333. The van der Waals surface area contributed by atoms with E-state index >= 15 is 0 Å². The number of nitriles is 1. The monoisotopic (exact) mass is 264 g/mol. The molecule has 20 heavy (non-hydrogen) atoms. The Morgan fingerprint density at radius 1 is 0.800 bits per heavy atom. The van der Waals surface area contributed by atoms with Crippen LogP contribution in [-0.4, -0.2) is 4.98 Å². The van der Waals surface area contributed by atoms with Crippen molar-refractivity contribution >= 4 is 0 Å². The first-order valence-electron chi connectivity index (χ1n) is 6.81. The summed E-state index contributed by atoms with van der Waals surface area (Å²) >= 11 is 0.